The van der Waals surface area contributed by atoms with Gasteiger partial charge in [-0.3, -0.25) is 4.79 Å². The number of hydrogen-bond donors (Lipinski definition) is 2. The summed E-state index contributed by atoms with van der Waals surface area (Å²) >= 11 is 0. The third-order valence-corrected chi connectivity index (χ3v) is 4.35. The van der Waals surface area contributed by atoms with Crippen LogP contribution in [0.15, 0.2) is 42.5 Å². The highest BCUT2D eigenvalue weighted by Crippen LogP contribution is 2.34. The van der Waals surface area contributed by atoms with E-state index in [0.29, 0.717) is 19.4 Å². The monoisotopic (exact) mass is 332 g/mol. The second-order valence-corrected chi connectivity index (χ2v) is 5.89. The average molecular weight is 332 g/mol. The molecule has 1 aromatic carbocycles. The number of carbonyl (C=O) groups is 2. The van der Waals surface area contributed by atoms with Crippen molar-refractivity contribution in [2.75, 3.05) is 13.2 Å². The van der Waals surface area contributed by atoms with E-state index in [9.17, 15) is 9.59 Å². The summed E-state index contributed by atoms with van der Waals surface area (Å²) in [6, 6.07) is 9.83. The number of hydrogen-bond acceptors (Lipinski definition) is 4. The Bertz CT molecular complexity index is 588. The number of benzene rings is 1. The van der Waals surface area contributed by atoms with E-state index in [0.717, 1.165) is 5.56 Å². The highest BCUT2D eigenvalue weighted by Gasteiger charge is 2.41. The molecule has 3 unspecified atom stereocenters. The molecule has 6 nitrogen and oxygen atoms in total. The van der Waals surface area contributed by atoms with Crippen LogP contribution in [0.3, 0.4) is 0 Å². The van der Waals surface area contributed by atoms with Gasteiger partial charge in [0, 0.05) is 31.5 Å². The topological polar surface area (TPSA) is 92.9 Å². The van der Waals surface area contributed by atoms with Crippen LogP contribution >= 0.6 is 0 Å². The molecular weight excluding hydrogens is 308 g/mol. The summed E-state index contributed by atoms with van der Waals surface area (Å²) in [4.78, 5) is 25.5. The minimum Gasteiger partial charge on any atom is -0.436 e. The predicted octanol–water partition coefficient (Wildman–Crippen LogP) is 1.79. The first kappa shape index (κ1) is 18.0. The summed E-state index contributed by atoms with van der Waals surface area (Å²) in [6.45, 7) is 2.47. The molecule has 24 heavy (non-hydrogen) atoms. The molecule has 0 aromatic heterocycles. The zero-order valence-electron chi connectivity index (χ0n) is 13.8. The number of ether oxygens (including phenoxy) is 1. The number of amides is 2. The highest BCUT2D eigenvalue weighted by molar-refractivity contribution is 5.84. The Morgan fingerprint density at radius 3 is 2.71 bits per heavy atom. The molecule has 2 amide bonds. The van der Waals surface area contributed by atoms with E-state index < -0.39 is 12.2 Å². The Kier molecular flexibility index (Phi) is 6.37. The fourth-order valence-electron chi connectivity index (χ4n) is 3.12. The summed E-state index contributed by atoms with van der Waals surface area (Å²) in [5, 5.41) is 8.84. The molecule has 0 spiro atoms. The van der Waals surface area contributed by atoms with Crippen LogP contribution < -0.4 is 5.73 Å². The van der Waals surface area contributed by atoms with Gasteiger partial charge in [-0.2, -0.15) is 0 Å². The maximum atomic E-state index is 12.6. The lowest BCUT2D eigenvalue weighted by molar-refractivity contribution is -0.147. The number of primary amides is 1. The second kappa shape index (κ2) is 8.49. The molecule has 2 rings (SSSR count). The Morgan fingerprint density at radius 1 is 1.38 bits per heavy atom. The lowest BCUT2D eigenvalue weighted by atomic mass is 9.82. The van der Waals surface area contributed by atoms with Gasteiger partial charge < -0.3 is 20.5 Å². The van der Waals surface area contributed by atoms with Crippen molar-refractivity contribution in [2.24, 2.45) is 5.73 Å². The number of nitrogens with zero attached hydrogens (tertiary/aromatic N) is 1. The molecule has 6 heteroatoms. The summed E-state index contributed by atoms with van der Waals surface area (Å²) in [6.07, 6.45) is 2.83. The van der Waals surface area contributed by atoms with Crippen molar-refractivity contribution in [3.05, 3.63) is 48.0 Å². The van der Waals surface area contributed by atoms with Crippen LogP contribution in [0.1, 0.15) is 31.2 Å². The van der Waals surface area contributed by atoms with Gasteiger partial charge in [-0.1, -0.05) is 42.5 Å². The Morgan fingerprint density at radius 2 is 2.08 bits per heavy atom. The van der Waals surface area contributed by atoms with Gasteiger partial charge in [-0.05, 0) is 18.9 Å². The van der Waals surface area contributed by atoms with Crippen molar-refractivity contribution in [2.45, 2.75) is 37.8 Å². The van der Waals surface area contributed by atoms with E-state index in [1.807, 2.05) is 49.4 Å². The standard InChI is InChI=1S/C18H24N2O4/c1-13-15(14-8-4-2-5-9-14)12-16(24-18(19)23)17(22)20(13)10-6-3-7-11-21/h2-6,8-9,13,15-16,21H,7,10-12H2,1H3,(H2,19,23)/b6-3+. The molecular formula is C18H24N2O4. The van der Waals surface area contributed by atoms with Crippen LogP contribution in [0, 0.1) is 0 Å². The first-order valence-corrected chi connectivity index (χ1v) is 8.12. The zero-order chi connectivity index (χ0) is 17.5. The van der Waals surface area contributed by atoms with Crippen molar-refractivity contribution in [3.8, 4) is 0 Å². The van der Waals surface area contributed by atoms with Crippen LogP contribution in [0.5, 0.6) is 0 Å². The molecule has 130 valence electrons. The summed E-state index contributed by atoms with van der Waals surface area (Å²) < 4.78 is 5.04. The first-order valence-electron chi connectivity index (χ1n) is 8.12. The van der Waals surface area contributed by atoms with Crippen LogP contribution in [-0.2, 0) is 9.53 Å². The number of nitrogens with two attached hydrogens (primary N) is 1. The van der Waals surface area contributed by atoms with Gasteiger partial charge in [0.1, 0.15) is 0 Å². The summed E-state index contributed by atoms with van der Waals surface area (Å²) in [5.74, 6) is -0.179. The van der Waals surface area contributed by atoms with Gasteiger partial charge in [0.15, 0.2) is 6.10 Å². The molecule has 1 saturated heterocycles. The predicted molar refractivity (Wildman–Crippen MR) is 90.3 cm³/mol. The number of aliphatic hydroxyl groups excluding tert-OH is 1. The molecule has 1 aromatic rings. The largest absolute Gasteiger partial charge is 0.436 e. The van der Waals surface area contributed by atoms with Crippen molar-refractivity contribution in [1.82, 2.24) is 4.90 Å². The molecule has 1 heterocycles. The maximum absolute atomic E-state index is 12.6. The van der Waals surface area contributed by atoms with Crippen LogP contribution in [0.2, 0.25) is 0 Å². The van der Waals surface area contributed by atoms with Crippen LogP contribution in [0.25, 0.3) is 0 Å². The molecule has 3 atom stereocenters. The molecule has 1 fully saturated rings. The van der Waals surface area contributed by atoms with Gasteiger partial charge in [0.2, 0.25) is 0 Å². The zero-order valence-corrected chi connectivity index (χ0v) is 13.8. The SMILES string of the molecule is CC1C(c2ccccc2)CC(OC(N)=O)C(=O)N1C/C=C/CCO. The number of aliphatic hydroxyl groups is 1. The molecule has 3 N–H and O–H groups in total. The molecule has 1 aliphatic rings. The van der Waals surface area contributed by atoms with Gasteiger partial charge in [0.25, 0.3) is 5.91 Å². The van der Waals surface area contributed by atoms with E-state index >= 15 is 0 Å². The van der Waals surface area contributed by atoms with Gasteiger partial charge >= 0.3 is 6.09 Å². The third-order valence-electron chi connectivity index (χ3n) is 4.35. The Balaban J connectivity index is 2.22. The van der Waals surface area contributed by atoms with E-state index in [4.69, 9.17) is 15.6 Å². The molecule has 1 aliphatic heterocycles. The molecule has 0 aliphatic carbocycles. The summed E-state index contributed by atoms with van der Waals surface area (Å²) in [5.41, 5.74) is 6.21. The quantitative estimate of drug-likeness (QED) is 0.777. The number of piperidine rings is 1. The lowest BCUT2D eigenvalue weighted by Gasteiger charge is -2.42. The van der Waals surface area contributed by atoms with Crippen LogP contribution in [0.4, 0.5) is 4.79 Å². The third kappa shape index (κ3) is 4.35. The van der Waals surface area contributed by atoms with Crippen molar-refractivity contribution in [1.29, 1.82) is 0 Å². The maximum Gasteiger partial charge on any atom is 0.405 e. The normalized spacial score (nSPS) is 24.3. The van der Waals surface area contributed by atoms with Gasteiger partial charge in [0.05, 0.1) is 0 Å². The molecule has 0 saturated carbocycles. The van der Waals surface area contributed by atoms with Crippen LogP contribution in [-0.4, -0.2) is 47.3 Å². The van der Waals surface area contributed by atoms with Crippen molar-refractivity contribution < 1.29 is 19.4 Å². The smallest absolute Gasteiger partial charge is 0.405 e. The minimum absolute atomic E-state index is 0.0357. The van der Waals surface area contributed by atoms with E-state index in [1.165, 1.54) is 0 Å². The number of carbonyl (C=O) groups excluding carboxylic acids is 2. The number of rotatable bonds is 6. The van der Waals surface area contributed by atoms with Gasteiger partial charge in [-0.15, -0.1) is 0 Å². The van der Waals surface area contributed by atoms with E-state index in [1.54, 1.807) is 4.90 Å². The average Bonchev–Trinajstić information content (AvgIpc) is 2.57. The van der Waals surface area contributed by atoms with E-state index in [2.05, 4.69) is 0 Å². The molecule has 0 radical (unpaired) electrons. The lowest BCUT2D eigenvalue weighted by Crippen LogP contribution is -2.54. The Labute approximate surface area is 141 Å². The first-order chi connectivity index (χ1) is 11.5. The fraction of sp³-hybridized carbons (Fsp3) is 0.444. The summed E-state index contributed by atoms with van der Waals surface area (Å²) in [7, 11) is 0. The highest BCUT2D eigenvalue weighted by atomic mass is 16.6. The second-order valence-electron chi connectivity index (χ2n) is 5.89. The van der Waals surface area contributed by atoms with Crippen molar-refractivity contribution in [3.63, 3.8) is 0 Å². The van der Waals surface area contributed by atoms with Crippen molar-refractivity contribution >= 4 is 12.0 Å². The minimum atomic E-state index is -0.939. The van der Waals surface area contributed by atoms with E-state index in [-0.39, 0.29) is 24.5 Å². The number of likely N-dealkylation sites (tertiary alicyclic amines) is 1. The van der Waals surface area contributed by atoms with Gasteiger partial charge in [-0.25, -0.2) is 4.79 Å². The Hall–Kier alpha value is -2.34. The fourth-order valence-corrected chi connectivity index (χ4v) is 3.12. The molecule has 0 bridgehead atoms.